The molecule has 1 aliphatic heterocycles. The topological polar surface area (TPSA) is 58.6 Å². The Labute approximate surface area is 146 Å². The van der Waals surface area contributed by atoms with E-state index in [4.69, 9.17) is 4.74 Å². The van der Waals surface area contributed by atoms with E-state index < -0.39 is 0 Å². The van der Waals surface area contributed by atoms with Crippen LogP contribution in [-0.2, 0) is 16.1 Å². The van der Waals surface area contributed by atoms with Gasteiger partial charge in [-0.15, -0.1) is 0 Å². The van der Waals surface area contributed by atoms with E-state index in [1.54, 1.807) is 4.90 Å². The third kappa shape index (κ3) is 3.36. The van der Waals surface area contributed by atoms with Crippen LogP contribution in [0.1, 0.15) is 24.0 Å². The van der Waals surface area contributed by atoms with Crippen molar-refractivity contribution in [2.24, 2.45) is 5.92 Å². The molecular weight excluding hydrogens is 316 g/mol. The van der Waals surface area contributed by atoms with Gasteiger partial charge < -0.3 is 15.0 Å². The largest absolute Gasteiger partial charge is 0.482 e. The lowest BCUT2D eigenvalue weighted by Gasteiger charge is -2.30. The first-order valence-corrected chi connectivity index (χ1v) is 8.54. The number of rotatable bonds is 4. The first-order valence-electron chi connectivity index (χ1n) is 8.54. The Morgan fingerprint density at radius 3 is 2.68 bits per heavy atom. The maximum Gasteiger partial charge on any atom is 0.265 e. The van der Waals surface area contributed by atoms with Crippen molar-refractivity contribution in [3.8, 4) is 5.75 Å². The number of carbonyl (C=O) groups excluding carboxylic acids is 2. The number of hydrogen-bond donors (Lipinski definition) is 1. The van der Waals surface area contributed by atoms with Crippen molar-refractivity contribution in [1.29, 1.82) is 0 Å². The molecule has 2 amide bonds. The highest BCUT2D eigenvalue weighted by Crippen LogP contribution is 2.36. The summed E-state index contributed by atoms with van der Waals surface area (Å²) in [6.07, 6.45) is 1.91. The Balaban J connectivity index is 1.60. The van der Waals surface area contributed by atoms with Gasteiger partial charge in [-0.2, -0.15) is 0 Å². The normalized spacial score (nSPS) is 16.2. The monoisotopic (exact) mass is 336 g/mol. The van der Waals surface area contributed by atoms with Crippen LogP contribution in [-0.4, -0.2) is 18.4 Å². The van der Waals surface area contributed by atoms with Gasteiger partial charge in [0.2, 0.25) is 5.91 Å². The van der Waals surface area contributed by atoms with Crippen LogP contribution >= 0.6 is 0 Å². The number of hydrogen-bond acceptors (Lipinski definition) is 3. The van der Waals surface area contributed by atoms with Gasteiger partial charge in [-0.05, 0) is 43.5 Å². The maximum atomic E-state index is 12.4. The standard InChI is InChI=1S/C20H20N2O3/c1-13-2-4-14(5-3-13)11-22-17-10-16(21-20(24)15-6-7-15)8-9-18(17)25-12-19(22)23/h2-5,8-10,15H,6-7,11-12H2,1H3,(H,21,24). The molecule has 1 N–H and O–H groups in total. The fourth-order valence-electron chi connectivity index (χ4n) is 2.92. The summed E-state index contributed by atoms with van der Waals surface area (Å²) in [5.41, 5.74) is 3.63. The molecule has 1 saturated carbocycles. The minimum Gasteiger partial charge on any atom is -0.482 e. The van der Waals surface area contributed by atoms with E-state index in [1.165, 1.54) is 5.56 Å². The lowest BCUT2D eigenvalue weighted by molar-refractivity contribution is -0.121. The first-order chi connectivity index (χ1) is 12.1. The number of ether oxygens (including phenoxy) is 1. The van der Waals surface area contributed by atoms with Gasteiger partial charge in [0.25, 0.3) is 5.91 Å². The number of benzene rings is 2. The second-order valence-electron chi connectivity index (χ2n) is 6.70. The molecule has 0 spiro atoms. The summed E-state index contributed by atoms with van der Waals surface area (Å²) in [5, 5.41) is 2.93. The van der Waals surface area contributed by atoms with Gasteiger partial charge in [0, 0.05) is 11.6 Å². The highest BCUT2D eigenvalue weighted by atomic mass is 16.5. The molecule has 128 valence electrons. The van der Waals surface area contributed by atoms with Crippen LogP contribution in [0.15, 0.2) is 42.5 Å². The second kappa shape index (κ2) is 6.24. The van der Waals surface area contributed by atoms with Crippen molar-refractivity contribution < 1.29 is 14.3 Å². The van der Waals surface area contributed by atoms with Gasteiger partial charge in [-0.1, -0.05) is 29.8 Å². The number of amides is 2. The Hall–Kier alpha value is -2.82. The Morgan fingerprint density at radius 2 is 1.96 bits per heavy atom. The van der Waals surface area contributed by atoms with Crippen LogP contribution in [0.4, 0.5) is 11.4 Å². The van der Waals surface area contributed by atoms with Crippen LogP contribution in [0.3, 0.4) is 0 Å². The number of nitrogens with one attached hydrogen (secondary N) is 1. The van der Waals surface area contributed by atoms with Gasteiger partial charge in [-0.25, -0.2) is 0 Å². The second-order valence-corrected chi connectivity index (χ2v) is 6.70. The van der Waals surface area contributed by atoms with Crippen molar-refractivity contribution in [3.05, 3.63) is 53.6 Å². The molecule has 0 bridgehead atoms. The molecule has 25 heavy (non-hydrogen) atoms. The molecule has 5 heteroatoms. The number of anilines is 2. The van der Waals surface area contributed by atoms with Crippen molar-refractivity contribution in [3.63, 3.8) is 0 Å². The zero-order valence-corrected chi connectivity index (χ0v) is 14.1. The summed E-state index contributed by atoms with van der Waals surface area (Å²) >= 11 is 0. The van der Waals surface area contributed by atoms with E-state index in [-0.39, 0.29) is 24.3 Å². The van der Waals surface area contributed by atoms with Gasteiger partial charge >= 0.3 is 0 Å². The molecule has 5 nitrogen and oxygen atoms in total. The van der Waals surface area contributed by atoms with Gasteiger partial charge in [0.1, 0.15) is 5.75 Å². The van der Waals surface area contributed by atoms with Crippen LogP contribution in [0.2, 0.25) is 0 Å². The lowest BCUT2D eigenvalue weighted by Crippen LogP contribution is -2.38. The average Bonchev–Trinajstić information content (AvgIpc) is 3.44. The fraction of sp³-hybridized carbons (Fsp3) is 0.300. The molecule has 4 rings (SSSR count). The molecule has 0 unspecified atom stereocenters. The smallest absolute Gasteiger partial charge is 0.265 e. The predicted octanol–water partition coefficient (Wildman–Crippen LogP) is 3.27. The highest BCUT2D eigenvalue weighted by Gasteiger charge is 2.30. The van der Waals surface area contributed by atoms with Crippen molar-refractivity contribution >= 4 is 23.2 Å². The van der Waals surface area contributed by atoms with Crippen LogP contribution < -0.4 is 15.0 Å². The Bertz CT molecular complexity index is 825. The third-order valence-corrected chi connectivity index (χ3v) is 4.58. The van der Waals surface area contributed by atoms with E-state index in [0.717, 1.165) is 18.4 Å². The molecule has 2 aromatic carbocycles. The molecule has 1 heterocycles. The lowest BCUT2D eigenvalue weighted by atomic mass is 10.1. The summed E-state index contributed by atoms with van der Waals surface area (Å²) in [5.74, 6) is 0.764. The molecule has 2 aromatic rings. The third-order valence-electron chi connectivity index (χ3n) is 4.58. The van der Waals surface area contributed by atoms with Crippen molar-refractivity contribution in [2.75, 3.05) is 16.8 Å². The zero-order chi connectivity index (χ0) is 17.4. The summed E-state index contributed by atoms with van der Waals surface area (Å²) in [4.78, 5) is 26.1. The van der Waals surface area contributed by atoms with Crippen molar-refractivity contribution in [2.45, 2.75) is 26.3 Å². The number of nitrogens with zero attached hydrogens (tertiary/aromatic N) is 1. The van der Waals surface area contributed by atoms with Crippen LogP contribution in [0.25, 0.3) is 0 Å². The van der Waals surface area contributed by atoms with Crippen LogP contribution in [0.5, 0.6) is 5.75 Å². The summed E-state index contributed by atoms with van der Waals surface area (Å²) in [6, 6.07) is 13.6. The zero-order valence-electron chi connectivity index (χ0n) is 14.1. The average molecular weight is 336 g/mol. The number of aryl methyl sites for hydroxylation is 1. The molecule has 2 aliphatic rings. The quantitative estimate of drug-likeness (QED) is 0.932. The minimum atomic E-state index is -0.0845. The molecule has 1 aliphatic carbocycles. The van der Waals surface area contributed by atoms with Gasteiger partial charge in [0.05, 0.1) is 12.2 Å². The number of fused-ring (bicyclic) bond motifs is 1. The van der Waals surface area contributed by atoms with E-state index in [0.29, 0.717) is 23.7 Å². The highest BCUT2D eigenvalue weighted by molar-refractivity contribution is 6.00. The maximum absolute atomic E-state index is 12.4. The van der Waals surface area contributed by atoms with E-state index in [2.05, 4.69) is 5.32 Å². The summed E-state index contributed by atoms with van der Waals surface area (Å²) < 4.78 is 5.54. The molecule has 0 aromatic heterocycles. The summed E-state index contributed by atoms with van der Waals surface area (Å²) in [6.45, 7) is 2.55. The molecule has 1 fully saturated rings. The summed E-state index contributed by atoms with van der Waals surface area (Å²) in [7, 11) is 0. The Morgan fingerprint density at radius 1 is 1.20 bits per heavy atom. The van der Waals surface area contributed by atoms with E-state index in [9.17, 15) is 9.59 Å². The molecule has 0 radical (unpaired) electrons. The van der Waals surface area contributed by atoms with Crippen molar-refractivity contribution in [1.82, 2.24) is 0 Å². The first kappa shape index (κ1) is 15.7. The van der Waals surface area contributed by atoms with Gasteiger partial charge in [-0.3, -0.25) is 9.59 Å². The Kier molecular flexibility index (Phi) is 3.92. The number of carbonyl (C=O) groups is 2. The fourth-order valence-corrected chi connectivity index (χ4v) is 2.92. The van der Waals surface area contributed by atoms with E-state index >= 15 is 0 Å². The molecule has 0 saturated heterocycles. The molecular formula is C20H20N2O3. The van der Waals surface area contributed by atoms with Crippen LogP contribution in [0, 0.1) is 12.8 Å². The molecule has 0 atom stereocenters. The predicted molar refractivity (Wildman–Crippen MR) is 95.7 cm³/mol. The SMILES string of the molecule is Cc1ccc(CN2C(=O)COc3ccc(NC(=O)C4CC4)cc32)cc1. The van der Waals surface area contributed by atoms with E-state index in [1.807, 2.05) is 49.4 Å². The minimum absolute atomic E-state index is 0.0344. The van der Waals surface area contributed by atoms with Gasteiger partial charge in [0.15, 0.2) is 6.61 Å².